The van der Waals surface area contributed by atoms with Crippen LogP contribution in [-0.2, 0) is 32.6 Å². The third-order valence-electron chi connectivity index (χ3n) is 6.09. The number of rotatable bonds is 12. The van der Waals surface area contributed by atoms with Gasteiger partial charge in [0.05, 0.1) is 26.2 Å². The standard InChI is InChI=1S/C28H32BrN3O6S/c1-30-28(34)25(16-20-9-6-5-7-10-20)31(18-21-11-8-12-22(29)15-21)27(33)19-32(39(4,35)36)24-14-13-23(37-2)17-26(24)38-3/h5-15,17,25H,16,18-19H2,1-4H3,(H,30,34)/t25-/m1/s1. The summed E-state index contributed by atoms with van der Waals surface area (Å²) in [5.74, 6) is -0.231. The number of sulfonamides is 1. The van der Waals surface area contributed by atoms with Crippen LogP contribution in [-0.4, -0.2) is 65.2 Å². The Bertz CT molecular complexity index is 1400. The van der Waals surface area contributed by atoms with Gasteiger partial charge in [0.15, 0.2) is 0 Å². The zero-order valence-corrected chi connectivity index (χ0v) is 24.7. The first kappa shape index (κ1) is 30.0. The number of benzene rings is 3. The van der Waals surface area contributed by atoms with E-state index >= 15 is 0 Å². The van der Waals surface area contributed by atoms with Gasteiger partial charge in [-0.25, -0.2) is 8.42 Å². The number of hydrogen-bond donors (Lipinski definition) is 1. The van der Waals surface area contributed by atoms with E-state index in [9.17, 15) is 18.0 Å². The zero-order chi connectivity index (χ0) is 28.6. The van der Waals surface area contributed by atoms with E-state index in [1.54, 1.807) is 12.1 Å². The van der Waals surface area contributed by atoms with Crippen LogP contribution in [0.4, 0.5) is 5.69 Å². The number of anilines is 1. The van der Waals surface area contributed by atoms with Crippen molar-refractivity contribution in [2.24, 2.45) is 0 Å². The monoisotopic (exact) mass is 617 g/mol. The molecule has 0 fully saturated rings. The minimum absolute atomic E-state index is 0.0839. The van der Waals surface area contributed by atoms with Crippen molar-refractivity contribution in [3.8, 4) is 11.5 Å². The van der Waals surface area contributed by atoms with E-state index in [0.717, 1.165) is 26.2 Å². The molecule has 2 amide bonds. The van der Waals surface area contributed by atoms with Crippen LogP contribution in [0.3, 0.4) is 0 Å². The molecule has 0 aliphatic rings. The number of ether oxygens (including phenoxy) is 2. The van der Waals surface area contributed by atoms with Crippen LogP contribution in [0, 0.1) is 0 Å². The fourth-order valence-corrected chi connectivity index (χ4v) is 5.44. The van der Waals surface area contributed by atoms with Gasteiger partial charge >= 0.3 is 0 Å². The Morgan fingerprint density at radius 1 is 0.949 bits per heavy atom. The number of nitrogens with zero attached hydrogens (tertiary/aromatic N) is 2. The van der Waals surface area contributed by atoms with Gasteiger partial charge in [0.1, 0.15) is 24.1 Å². The van der Waals surface area contributed by atoms with E-state index < -0.39 is 28.5 Å². The van der Waals surface area contributed by atoms with Gasteiger partial charge < -0.3 is 19.7 Å². The summed E-state index contributed by atoms with van der Waals surface area (Å²) in [6.07, 6.45) is 1.26. The van der Waals surface area contributed by atoms with Gasteiger partial charge in [-0.2, -0.15) is 0 Å². The van der Waals surface area contributed by atoms with Crippen LogP contribution in [0.2, 0.25) is 0 Å². The van der Waals surface area contributed by atoms with Crippen molar-refractivity contribution < 1.29 is 27.5 Å². The lowest BCUT2D eigenvalue weighted by Gasteiger charge is -2.33. The highest BCUT2D eigenvalue weighted by molar-refractivity contribution is 9.10. The number of nitrogens with one attached hydrogen (secondary N) is 1. The third kappa shape index (κ3) is 7.96. The Kier molecular flexibility index (Phi) is 10.4. The van der Waals surface area contributed by atoms with Crippen molar-refractivity contribution in [2.75, 3.05) is 38.4 Å². The first-order valence-electron chi connectivity index (χ1n) is 12.1. The van der Waals surface area contributed by atoms with Crippen LogP contribution in [0.15, 0.2) is 77.3 Å². The van der Waals surface area contributed by atoms with E-state index in [2.05, 4.69) is 21.2 Å². The van der Waals surface area contributed by atoms with Gasteiger partial charge in [-0.1, -0.05) is 58.4 Å². The zero-order valence-electron chi connectivity index (χ0n) is 22.3. The Labute approximate surface area is 237 Å². The molecule has 1 atom stereocenters. The lowest BCUT2D eigenvalue weighted by Crippen LogP contribution is -2.52. The summed E-state index contributed by atoms with van der Waals surface area (Å²) < 4.78 is 38.3. The molecular weight excluding hydrogens is 586 g/mol. The van der Waals surface area contributed by atoms with E-state index in [0.29, 0.717) is 5.75 Å². The summed E-state index contributed by atoms with van der Waals surface area (Å²) in [4.78, 5) is 28.6. The van der Waals surface area contributed by atoms with E-state index in [1.807, 2.05) is 54.6 Å². The highest BCUT2D eigenvalue weighted by Gasteiger charge is 2.33. The molecule has 208 valence electrons. The maximum atomic E-state index is 14.0. The van der Waals surface area contributed by atoms with Crippen molar-refractivity contribution in [3.05, 3.63) is 88.4 Å². The highest BCUT2D eigenvalue weighted by Crippen LogP contribution is 2.34. The van der Waals surface area contributed by atoms with E-state index in [1.165, 1.54) is 32.2 Å². The van der Waals surface area contributed by atoms with Crippen molar-refractivity contribution in [1.29, 1.82) is 0 Å². The molecule has 0 aromatic heterocycles. The number of hydrogen-bond acceptors (Lipinski definition) is 6. The smallest absolute Gasteiger partial charge is 0.244 e. The second kappa shape index (κ2) is 13.5. The van der Waals surface area contributed by atoms with Crippen LogP contribution >= 0.6 is 15.9 Å². The molecule has 0 aliphatic carbocycles. The molecule has 3 rings (SSSR count). The lowest BCUT2D eigenvalue weighted by atomic mass is 10.0. The van der Waals surface area contributed by atoms with Crippen molar-refractivity contribution in [1.82, 2.24) is 10.2 Å². The number of amides is 2. The summed E-state index contributed by atoms with van der Waals surface area (Å²) in [6, 6.07) is 20.5. The predicted octanol–water partition coefficient (Wildman–Crippen LogP) is 3.62. The Morgan fingerprint density at radius 3 is 2.23 bits per heavy atom. The van der Waals surface area contributed by atoms with Crippen LogP contribution in [0.1, 0.15) is 11.1 Å². The molecule has 0 heterocycles. The van der Waals surface area contributed by atoms with Crippen molar-refractivity contribution >= 4 is 43.5 Å². The second-order valence-electron chi connectivity index (χ2n) is 8.78. The van der Waals surface area contributed by atoms with Gasteiger partial charge in [-0.05, 0) is 35.4 Å². The maximum absolute atomic E-state index is 14.0. The molecule has 9 nitrogen and oxygen atoms in total. The van der Waals surface area contributed by atoms with Gasteiger partial charge in [0.2, 0.25) is 21.8 Å². The van der Waals surface area contributed by atoms with E-state index in [-0.39, 0.29) is 30.3 Å². The van der Waals surface area contributed by atoms with Crippen LogP contribution in [0.25, 0.3) is 0 Å². The molecule has 0 radical (unpaired) electrons. The number of carbonyl (C=O) groups is 2. The van der Waals surface area contributed by atoms with Crippen molar-refractivity contribution in [2.45, 2.75) is 19.0 Å². The minimum Gasteiger partial charge on any atom is -0.497 e. The molecule has 3 aromatic rings. The fourth-order valence-electron chi connectivity index (χ4n) is 4.14. The summed E-state index contributed by atoms with van der Waals surface area (Å²) in [5, 5.41) is 2.66. The van der Waals surface area contributed by atoms with Gasteiger partial charge in [-0.3, -0.25) is 13.9 Å². The number of methoxy groups -OCH3 is 2. The normalized spacial score (nSPS) is 11.8. The Balaban J connectivity index is 2.06. The largest absolute Gasteiger partial charge is 0.497 e. The molecule has 0 saturated heterocycles. The molecule has 3 aromatic carbocycles. The molecule has 0 aliphatic heterocycles. The van der Waals surface area contributed by atoms with E-state index in [4.69, 9.17) is 9.47 Å². The number of halogens is 1. The van der Waals surface area contributed by atoms with Gasteiger partial charge in [0.25, 0.3) is 0 Å². The average molecular weight is 619 g/mol. The topological polar surface area (TPSA) is 105 Å². The Morgan fingerprint density at radius 2 is 1.64 bits per heavy atom. The predicted molar refractivity (Wildman–Crippen MR) is 154 cm³/mol. The summed E-state index contributed by atoms with van der Waals surface area (Å²) in [6.45, 7) is -0.460. The molecule has 11 heteroatoms. The molecule has 0 bridgehead atoms. The first-order valence-corrected chi connectivity index (χ1v) is 14.7. The molecule has 0 unspecified atom stereocenters. The summed E-state index contributed by atoms with van der Waals surface area (Å²) in [7, 11) is 0.464. The molecule has 1 N–H and O–H groups in total. The quantitative estimate of drug-likeness (QED) is 0.333. The summed E-state index contributed by atoms with van der Waals surface area (Å²) in [5.41, 5.74) is 1.80. The fraction of sp³-hybridized carbons (Fsp3) is 0.286. The average Bonchev–Trinajstić information content (AvgIpc) is 2.92. The molecule has 0 saturated carbocycles. The second-order valence-corrected chi connectivity index (χ2v) is 11.6. The minimum atomic E-state index is -3.93. The SMILES string of the molecule is CNC(=O)[C@@H](Cc1ccccc1)N(Cc1cccc(Br)c1)C(=O)CN(c1ccc(OC)cc1OC)S(C)(=O)=O. The van der Waals surface area contributed by atoms with Crippen LogP contribution in [0.5, 0.6) is 11.5 Å². The molecule has 39 heavy (non-hydrogen) atoms. The maximum Gasteiger partial charge on any atom is 0.244 e. The number of likely N-dealkylation sites (N-methyl/N-ethyl adjacent to an activating group) is 1. The first-order chi connectivity index (χ1) is 18.6. The highest BCUT2D eigenvalue weighted by atomic mass is 79.9. The van der Waals surface area contributed by atoms with Crippen molar-refractivity contribution in [3.63, 3.8) is 0 Å². The van der Waals surface area contributed by atoms with Gasteiger partial charge in [0, 0.05) is 30.6 Å². The summed E-state index contributed by atoms with van der Waals surface area (Å²) >= 11 is 3.45. The third-order valence-corrected chi connectivity index (χ3v) is 7.71. The molecular formula is C28H32BrN3O6S. The lowest BCUT2D eigenvalue weighted by molar-refractivity contribution is -0.139. The van der Waals surface area contributed by atoms with Crippen LogP contribution < -0.4 is 19.1 Å². The number of carbonyl (C=O) groups excluding carboxylic acids is 2. The molecule has 0 spiro atoms. The van der Waals surface area contributed by atoms with Gasteiger partial charge in [-0.15, -0.1) is 0 Å². The Hall–Kier alpha value is -3.57.